The van der Waals surface area contributed by atoms with E-state index in [0.29, 0.717) is 0 Å². The molecule has 88 valence electrons. The Morgan fingerprint density at radius 3 is 2.12 bits per heavy atom. The van der Waals surface area contributed by atoms with Gasteiger partial charge in [0.15, 0.2) is 0 Å². The summed E-state index contributed by atoms with van der Waals surface area (Å²) >= 11 is 0. The summed E-state index contributed by atoms with van der Waals surface area (Å²) in [5, 5.41) is 0. The molecule has 0 saturated carbocycles. The molecule has 1 aromatic rings. The molecule has 0 aliphatic rings. The molecule has 0 saturated heterocycles. The van der Waals surface area contributed by atoms with Crippen molar-refractivity contribution in [2.24, 2.45) is 0 Å². The van der Waals surface area contributed by atoms with E-state index in [-0.39, 0.29) is 5.75 Å². The molecule has 0 atom stereocenters. The van der Waals surface area contributed by atoms with E-state index in [2.05, 4.69) is 4.74 Å². The first-order chi connectivity index (χ1) is 7.25. The maximum atomic E-state index is 13.6. The maximum Gasteiger partial charge on any atom is 0.377 e. The molecule has 0 aliphatic carbocycles. The number of carbonyl (C=O) groups is 1. The zero-order chi connectivity index (χ0) is 12.4. The number of hydrogen-bond acceptors (Lipinski definition) is 2. The SMILES string of the molecule is C[Si](C)(C)C(F)(F)C(=O)Oc1ccccc1. The third-order valence-corrected chi connectivity index (χ3v) is 4.24. The van der Waals surface area contributed by atoms with E-state index in [1.54, 1.807) is 18.2 Å². The van der Waals surface area contributed by atoms with Crippen molar-refractivity contribution in [3.05, 3.63) is 30.3 Å². The van der Waals surface area contributed by atoms with Gasteiger partial charge in [0.2, 0.25) is 0 Å². The predicted octanol–water partition coefficient (Wildman–Crippen LogP) is 3.10. The Bertz CT molecular complexity index is 371. The van der Waals surface area contributed by atoms with E-state index in [1.165, 1.54) is 31.8 Å². The Hall–Kier alpha value is -1.23. The zero-order valence-corrected chi connectivity index (χ0v) is 10.5. The normalized spacial score (nSPS) is 12.3. The molecular weight excluding hydrogens is 230 g/mol. The van der Waals surface area contributed by atoms with Gasteiger partial charge < -0.3 is 4.74 Å². The van der Waals surface area contributed by atoms with Crippen molar-refractivity contribution < 1.29 is 18.3 Å². The van der Waals surface area contributed by atoms with Gasteiger partial charge in [-0.1, -0.05) is 37.8 Å². The number of alkyl halides is 2. The minimum atomic E-state index is -3.37. The lowest BCUT2D eigenvalue weighted by Gasteiger charge is -2.25. The number of ether oxygens (including phenoxy) is 1. The average Bonchev–Trinajstić information content (AvgIpc) is 2.17. The fourth-order valence-corrected chi connectivity index (χ4v) is 1.63. The molecule has 5 heteroatoms. The molecule has 0 aromatic heterocycles. The number of halogens is 2. The van der Waals surface area contributed by atoms with Gasteiger partial charge in [-0.25, -0.2) is 4.79 Å². The van der Waals surface area contributed by atoms with E-state index in [9.17, 15) is 13.6 Å². The van der Waals surface area contributed by atoms with Crippen molar-refractivity contribution in [3.8, 4) is 5.75 Å². The monoisotopic (exact) mass is 244 g/mol. The van der Waals surface area contributed by atoms with Crippen LogP contribution in [0.1, 0.15) is 0 Å². The number of hydrogen-bond donors (Lipinski definition) is 0. The lowest BCUT2D eigenvalue weighted by atomic mass is 10.3. The summed E-state index contributed by atoms with van der Waals surface area (Å²) in [6.45, 7) is 4.29. The van der Waals surface area contributed by atoms with Gasteiger partial charge >= 0.3 is 11.5 Å². The van der Waals surface area contributed by atoms with Crippen LogP contribution in [0.4, 0.5) is 8.78 Å². The van der Waals surface area contributed by atoms with Gasteiger partial charge in [0.05, 0.1) is 0 Å². The molecule has 0 bridgehead atoms. The van der Waals surface area contributed by atoms with E-state index < -0.39 is 19.6 Å². The van der Waals surface area contributed by atoms with Crippen molar-refractivity contribution in [1.82, 2.24) is 0 Å². The third kappa shape index (κ3) is 2.66. The number of para-hydroxylation sites is 1. The van der Waals surface area contributed by atoms with Crippen molar-refractivity contribution >= 4 is 14.0 Å². The molecular formula is C11H14F2O2Si. The second-order valence-electron chi connectivity index (χ2n) is 4.53. The van der Waals surface area contributed by atoms with Crippen LogP contribution < -0.4 is 4.74 Å². The number of benzene rings is 1. The Morgan fingerprint density at radius 2 is 1.69 bits per heavy atom. The third-order valence-electron chi connectivity index (χ3n) is 2.15. The lowest BCUT2D eigenvalue weighted by molar-refractivity contribution is -0.152. The maximum absolute atomic E-state index is 13.6. The molecule has 0 amide bonds. The molecule has 0 N–H and O–H groups in total. The number of esters is 1. The lowest BCUT2D eigenvalue weighted by Crippen LogP contribution is -2.52. The summed E-state index contributed by atoms with van der Waals surface area (Å²) in [5.41, 5.74) is -3.37. The topological polar surface area (TPSA) is 26.3 Å². The van der Waals surface area contributed by atoms with Crippen LogP contribution >= 0.6 is 0 Å². The fraction of sp³-hybridized carbons (Fsp3) is 0.364. The Labute approximate surface area is 94.2 Å². The zero-order valence-electron chi connectivity index (χ0n) is 9.46. The first kappa shape index (κ1) is 12.8. The van der Waals surface area contributed by atoms with Crippen molar-refractivity contribution in [2.45, 2.75) is 25.2 Å². The van der Waals surface area contributed by atoms with Crippen LogP contribution in [0.15, 0.2) is 30.3 Å². The highest BCUT2D eigenvalue weighted by Gasteiger charge is 2.53. The first-order valence-electron chi connectivity index (χ1n) is 4.90. The minimum absolute atomic E-state index is 0.144. The van der Waals surface area contributed by atoms with Crippen LogP contribution in [-0.4, -0.2) is 19.6 Å². The molecule has 0 aliphatic heterocycles. The van der Waals surface area contributed by atoms with E-state index >= 15 is 0 Å². The Kier molecular flexibility index (Phi) is 3.47. The van der Waals surface area contributed by atoms with Crippen LogP contribution in [0.25, 0.3) is 0 Å². The molecule has 0 radical (unpaired) electrons. The Balaban J connectivity index is 2.81. The summed E-state index contributed by atoms with van der Waals surface area (Å²) < 4.78 is 31.8. The number of rotatable bonds is 3. The quantitative estimate of drug-likeness (QED) is 0.464. The van der Waals surface area contributed by atoms with E-state index in [1.807, 2.05) is 0 Å². The molecule has 16 heavy (non-hydrogen) atoms. The molecule has 1 rings (SSSR count). The smallest absolute Gasteiger partial charge is 0.377 e. The second-order valence-corrected chi connectivity index (χ2v) is 9.65. The Morgan fingerprint density at radius 1 is 1.19 bits per heavy atom. The van der Waals surface area contributed by atoms with Gasteiger partial charge in [-0.3, -0.25) is 0 Å². The first-order valence-corrected chi connectivity index (χ1v) is 8.40. The molecule has 0 unspecified atom stereocenters. The van der Waals surface area contributed by atoms with Gasteiger partial charge in [0, 0.05) is 0 Å². The summed E-state index contributed by atoms with van der Waals surface area (Å²) in [6, 6.07) is 7.90. The molecule has 0 spiro atoms. The standard InChI is InChI=1S/C11H14F2O2Si/c1-16(2,3)11(12,13)10(14)15-9-7-5-4-6-8-9/h4-8H,1-3H3. The average molecular weight is 244 g/mol. The molecule has 0 heterocycles. The largest absolute Gasteiger partial charge is 0.422 e. The van der Waals surface area contributed by atoms with Crippen LogP contribution in [0.3, 0.4) is 0 Å². The van der Waals surface area contributed by atoms with Crippen LogP contribution in [0.5, 0.6) is 5.75 Å². The molecule has 2 nitrogen and oxygen atoms in total. The predicted molar refractivity (Wildman–Crippen MR) is 60.4 cm³/mol. The summed E-state index contributed by atoms with van der Waals surface area (Å²) in [4.78, 5) is 11.3. The van der Waals surface area contributed by atoms with Crippen molar-refractivity contribution in [1.29, 1.82) is 0 Å². The summed E-state index contributed by atoms with van der Waals surface area (Å²) in [6.07, 6.45) is 0. The summed E-state index contributed by atoms with van der Waals surface area (Å²) in [7, 11) is -2.91. The number of carbonyl (C=O) groups excluding carboxylic acids is 1. The van der Waals surface area contributed by atoms with E-state index in [4.69, 9.17) is 0 Å². The van der Waals surface area contributed by atoms with Gasteiger partial charge in [-0.05, 0) is 12.1 Å². The van der Waals surface area contributed by atoms with E-state index in [0.717, 1.165) is 0 Å². The van der Waals surface area contributed by atoms with Crippen LogP contribution in [0, 0.1) is 0 Å². The highest BCUT2D eigenvalue weighted by atomic mass is 28.3. The van der Waals surface area contributed by atoms with Crippen molar-refractivity contribution in [3.63, 3.8) is 0 Å². The highest BCUT2D eigenvalue weighted by molar-refractivity contribution is 6.81. The van der Waals surface area contributed by atoms with Gasteiger partial charge in [0.1, 0.15) is 13.8 Å². The second kappa shape index (κ2) is 4.33. The van der Waals surface area contributed by atoms with Crippen molar-refractivity contribution in [2.75, 3.05) is 0 Å². The molecule has 1 aromatic carbocycles. The molecule has 0 fully saturated rings. The van der Waals surface area contributed by atoms with Crippen LogP contribution in [-0.2, 0) is 4.79 Å². The van der Waals surface area contributed by atoms with Gasteiger partial charge in [-0.2, -0.15) is 8.78 Å². The fourth-order valence-electron chi connectivity index (χ4n) is 0.966. The summed E-state index contributed by atoms with van der Waals surface area (Å²) in [5.74, 6) is -1.32. The van der Waals surface area contributed by atoms with Gasteiger partial charge in [-0.15, -0.1) is 0 Å². The minimum Gasteiger partial charge on any atom is -0.422 e. The van der Waals surface area contributed by atoms with Gasteiger partial charge in [0.25, 0.3) is 0 Å². The van der Waals surface area contributed by atoms with Crippen LogP contribution in [0.2, 0.25) is 19.6 Å². The highest BCUT2D eigenvalue weighted by Crippen LogP contribution is 2.29.